The molecular formula is C17H19ClN4O3. The Bertz CT molecular complexity index is 1020. The zero-order valence-corrected chi connectivity index (χ0v) is 14.7. The molecule has 0 saturated heterocycles. The number of halogens is 1. The predicted molar refractivity (Wildman–Crippen MR) is 96.1 cm³/mol. The Kier molecular flexibility index (Phi) is 4.78. The molecule has 132 valence electrons. The van der Waals surface area contributed by atoms with Crippen molar-refractivity contribution in [3.05, 3.63) is 61.5 Å². The number of H-pyrrole nitrogens is 1. The van der Waals surface area contributed by atoms with Crippen molar-refractivity contribution >= 4 is 22.8 Å². The van der Waals surface area contributed by atoms with E-state index in [0.29, 0.717) is 18.0 Å². The number of hydrogen-bond acceptors (Lipinski definition) is 4. The highest BCUT2D eigenvalue weighted by Crippen LogP contribution is 2.13. The van der Waals surface area contributed by atoms with E-state index < -0.39 is 17.4 Å². The fourth-order valence-corrected chi connectivity index (χ4v) is 2.85. The van der Waals surface area contributed by atoms with Gasteiger partial charge in [0.2, 0.25) is 0 Å². The van der Waals surface area contributed by atoms with E-state index in [0.717, 1.165) is 5.56 Å². The number of nitrogens with one attached hydrogen (secondary N) is 1. The van der Waals surface area contributed by atoms with E-state index >= 15 is 0 Å². The highest BCUT2D eigenvalue weighted by molar-refractivity contribution is 6.30. The first kappa shape index (κ1) is 17.4. The predicted octanol–water partition coefficient (Wildman–Crippen LogP) is 2.05. The van der Waals surface area contributed by atoms with Crippen molar-refractivity contribution in [1.82, 2.24) is 19.1 Å². The molecule has 0 aliphatic heterocycles. The summed E-state index contributed by atoms with van der Waals surface area (Å²) < 4.78 is 2.64. The molecule has 2 aromatic heterocycles. The average Bonchev–Trinajstić information content (AvgIpc) is 3.03. The topological polar surface area (TPSA) is 92.9 Å². The van der Waals surface area contributed by atoms with Gasteiger partial charge in [-0.15, -0.1) is 0 Å². The van der Waals surface area contributed by atoms with Gasteiger partial charge in [0.05, 0.1) is 6.54 Å². The molecule has 2 heterocycles. The SMILES string of the molecule is CCCn1c(=O)n(Cc2ccc(Cl)cc2)c(=O)c2[nH]c(C(C)O)nc21. The molecule has 3 aromatic rings. The smallest absolute Gasteiger partial charge is 0.333 e. The first-order valence-corrected chi connectivity index (χ1v) is 8.46. The van der Waals surface area contributed by atoms with Crippen molar-refractivity contribution in [2.24, 2.45) is 0 Å². The molecule has 2 N–H and O–H groups in total. The van der Waals surface area contributed by atoms with Gasteiger partial charge in [0.15, 0.2) is 5.65 Å². The lowest BCUT2D eigenvalue weighted by Crippen LogP contribution is -2.40. The summed E-state index contributed by atoms with van der Waals surface area (Å²) in [7, 11) is 0. The molecule has 1 aromatic carbocycles. The van der Waals surface area contributed by atoms with Crippen LogP contribution in [0.5, 0.6) is 0 Å². The Morgan fingerprint density at radius 1 is 1.24 bits per heavy atom. The van der Waals surface area contributed by atoms with E-state index in [1.807, 2.05) is 6.92 Å². The molecule has 25 heavy (non-hydrogen) atoms. The lowest BCUT2D eigenvalue weighted by Gasteiger charge is -2.10. The van der Waals surface area contributed by atoms with Gasteiger partial charge in [0, 0.05) is 11.6 Å². The van der Waals surface area contributed by atoms with Crippen LogP contribution in [0.4, 0.5) is 0 Å². The van der Waals surface area contributed by atoms with E-state index in [1.165, 1.54) is 9.13 Å². The lowest BCUT2D eigenvalue weighted by atomic mass is 10.2. The third-order valence-electron chi connectivity index (χ3n) is 3.98. The maximum Gasteiger partial charge on any atom is 0.333 e. The summed E-state index contributed by atoms with van der Waals surface area (Å²) in [4.78, 5) is 32.7. The van der Waals surface area contributed by atoms with E-state index in [9.17, 15) is 14.7 Å². The molecule has 3 rings (SSSR count). The van der Waals surface area contributed by atoms with Crippen LogP contribution in [0.2, 0.25) is 5.02 Å². The van der Waals surface area contributed by atoms with Gasteiger partial charge in [0.1, 0.15) is 17.4 Å². The molecule has 0 fully saturated rings. The van der Waals surface area contributed by atoms with Crippen LogP contribution >= 0.6 is 11.6 Å². The highest BCUT2D eigenvalue weighted by Gasteiger charge is 2.18. The van der Waals surface area contributed by atoms with Crippen LogP contribution in [0, 0.1) is 0 Å². The molecule has 0 aliphatic carbocycles. The van der Waals surface area contributed by atoms with Crippen molar-refractivity contribution in [1.29, 1.82) is 0 Å². The number of hydrogen-bond donors (Lipinski definition) is 2. The molecule has 0 aliphatic rings. The van der Waals surface area contributed by atoms with Gasteiger partial charge < -0.3 is 10.1 Å². The Morgan fingerprint density at radius 3 is 2.52 bits per heavy atom. The second-order valence-corrected chi connectivity index (χ2v) is 6.39. The maximum atomic E-state index is 12.8. The molecule has 0 radical (unpaired) electrons. The standard InChI is InChI=1S/C17H19ClN4O3/c1-3-8-21-15-13(19-14(20-15)10(2)23)16(24)22(17(21)25)9-11-4-6-12(18)7-5-11/h4-7,10,23H,3,8-9H2,1-2H3,(H,19,20). The second kappa shape index (κ2) is 6.85. The normalized spacial score (nSPS) is 12.6. The number of fused-ring (bicyclic) bond motifs is 1. The van der Waals surface area contributed by atoms with E-state index in [2.05, 4.69) is 9.97 Å². The quantitative estimate of drug-likeness (QED) is 0.726. The summed E-state index contributed by atoms with van der Waals surface area (Å²) in [6.07, 6.45) is -0.146. The number of aliphatic hydroxyl groups excluding tert-OH is 1. The number of aryl methyl sites for hydroxylation is 1. The molecule has 8 heteroatoms. The minimum absolute atomic E-state index is 0.136. The average molecular weight is 363 g/mol. The van der Waals surface area contributed by atoms with E-state index in [1.54, 1.807) is 31.2 Å². The summed E-state index contributed by atoms with van der Waals surface area (Å²) in [5.74, 6) is 0.264. The molecule has 0 amide bonds. The van der Waals surface area contributed by atoms with Gasteiger partial charge in [-0.1, -0.05) is 30.7 Å². The minimum atomic E-state index is -0.860. The van der Waals surface area contributed by atoms with Gasteiger partial charge in [-0.2, -0.15) is 0 Å². The van der Waals surface area contributed by atoms with Crippen LogP contribution in [0.25, 0.3) is 11.2 Å². The maximum absolute atomic E-state index is 12.8. The van der Waals surface area contributed by atoms with E-state index in [-0.39, 0.29) is 23.5 Å². The van der Waals surface area contributed by atoms with Crippen molar-refractivity contribution in [3.8, 4) is 0 Å². The summed E-state index contributed by atoms with van der Waals surface area (Å²) in [6, 6.07) is 6.98. The molecule has 0 saturated carbocycles. The van der Waals surface area contributed by atoms with Crippen molar-refractivity contribution in [3.63, 3.8) is 0 Å². The van der Waals surface area contributed by atoms with Crippen LogP contribution in [0.3, 0.4) is 0 Å². The number of imidazole rings is 1. The first-order chi connectivity index (χ1) is 11.9. The molecule has 1 unspecified atom stereocenters. The van der Waals surface area contributed by atoms with Gasteiger partial charge in [-0.3, -0.25) is 13.9 Å². The van der Waals surface area contributed by atoms with Crippen LogP contribution in [0.15, 0.2) is 33.9 Å². The first-order valence-electron chi connectivity index (χ1n) is 8.08. The molecule has 7 nitrogen and oxygen atoms in total. The van der Waals surface area contributed by atoms with Gasteiger partial charge >= 0.3 is 5.69 Å². The zero-order valence-electron chi connectivity index (χ0n) is 14.0. The molecule has 0 bridgehead atoms. The Morgan fingerprint density at radius 2 is 1.92 bits per heavy atom. The second-order valence-electron chi connectivity index (χ2n) is 5.95. The molecule has 1 atom stereocenters. The van der Waals surface area contributed by atoms with Crippen LogP contribution in [0.1, 0.15) is 37.8 Å². The fraction of sp³-hybridized carbons (Fsp3) is 0.353. The number of aromatic amines is 1. The number of aromatic nitrogens is 4. The zero-order chi connectivity index (χ0) is 18.1. The highest BCUT2D eigenvalue weighted by atomic mass is 35.5. The third-order valence-corrected chi connectivity index (χ3v) is 4.23. The van der Waals surface area contributed by atoms with Gasteiger partial charge in [-0.05, 0) is 31.0 Å². The number of aliphatic hydroxyl groups is 1. The van der Waals surface area contributed by atoms with Crippen molar-refractivity contribution in [2.75, 3.05) is 0 Å². The summed E-state index contributed by atoms with van der Waals surface area (Å²) in [5.41, 5.74) is 0.416. The Hall–Kier alpha value is -2.38. The summed E-state index contributed by atoms with van der Waals surface area (Å²) in [6.45, 7) is 4.05. The molecule has 0 spiro atoms. The minimum Gasteiger partial charge on any atom is -0.385 e. The monoisotopic (exact) mass is 362 g/mol. The van der Waals surface area contributed by atoms with Crippen LogP contribution < -0.4 is 11.2 Å². The lowest BCUT2D eigenvalue weighted by molar-refractivity contribution is 0.190. The molecular weight excluding hydrogens is 344 g/mol. The summed E-state index contributed by atoms with van der Waals surface area (Å²) >= 11 is 5.88. The van der Waals surface area contributed by atoms with E-state index in [4.69, 9.17) is 11.6 Å². The number of nitrogens with zero attached hydrogens (tertiary/aromatic N) is 3. The number of benzene rings is 1. The van der Waals surface area contributed by atoms with Crippen molar-refractivity contribution < 1.29 is 5.11 Å². The van der Waals surface area contributed by atoms with Gasteiger partial charge in [-0.25, -0.2) is 9.78 Å². The number of rotatable bonds is 5. The van der Waals surface area contributed by atoms with Crippen LogP contribution in [-0.4, -0.2) is 24.2 Å². The fourth-order valence-electron chi connectivity index (χ4n) is 2.72. The largest absolute Gasteiger partial charge is 0.385 e. The Balaban J connectivity index is 2.22. The van der Waals surface area contributed by atoms with Crippen molar-refractivity contribution in [2.45, 2.75) is 39.5 Å². The van der Waals surface area contributed by atoms with Crippen LogP contribution in [-0.2, 0) is 13.1 Å². The summed E-state index contributed by atoms with van der Waals surface area (Å²) in [5, 5.41) is 10.3. The third kappa shape index (κ3) is 3.25. The van der Waals surface area contributed by atoms with Gasteiger partial charge in [0.25, 0.3) is 5.56 Å². The Labute approximate surface area is 148 Å².